The molecular weight excluding hydrogens is 380 g/mol. The summed E-state index contributed by atoms with van der Waals surface area (Å²) in [6, 6.07) is 19.8. The predicted molar refractivity (Wildman–Crippen MR) is 105 cm³/mol. The fourth-order valence-electron chi connectivity index (χ4n) is 2.48. The lowest BCUT2D eigenvalue weighted by atomic mass is 10.2. The number of phenols is 1. The smallest absolute Gasteiger partial charge is 0.351 e. The number of nitrogens with one attached hydrogen (secondary N) is 1. The Morgan fingerprint density at radius 2 is 1.57 bits per heavy atom. The quantitative estimate of drug-likeness (QED) is 0.636. The van der Waals surface area contributed by atoms with Crippen LogP contribution in [0.1, 0.15) is 5.56 Å². The number of hydrogen-bond donors (Lipinski definition) is 2. The van der Waals surface area contributed by atoms with Gasteiger partial charge in [0.25, 0.3) is 0 Å². The van der Waals surface area contributed by atoms with Crippen molar-refractivity contribution in [2.75, 3.05) is 4.90 Å². The lowest BCUT2D eigenvalue weighted by molar-refractivity contribution is 0.189. The summed E-state index contributed by atoms with van der Waals surface area (Å²) in [6.45, 7) is 1.83. The number of para-hydroxylation sites is 1. The van der Waals surface area contributed by atoms with Gasteiger partial charge in [-0.1, -0.05) is 42.0 Å². The zero-order valence-electron chi connectivity index (χ0n) is 14.9. The molecule has 3 rings (SSSR count). The van der Waals surface area contributed by atoms with E-state index in [1.165, 1.54) is 29.2 Å². The average molecular weight is 398 g/mol. The maximum atomic E-state index is 12.7. The molecule has 28 heavy (non-hydrogen) atoms. The van der Waals surface area contributed by atoms with Crippen molar-refractivity contribution in [3.8, 4) is 5.75 Å². The van der Waals surface area contributed by atoms with Crippen molar-refractivity contribution in [3.63, 3.8) is 0 Å². The molecule has 144 valence electrons. The molecule has 0 aliphatic rings. The summed E-state index contributed by atoms with van der Waals surface area (Å²) in [4.78, 5) is 13.8. The van der Waals surface area contributed by atoms with E-state index in [-0.39, 0.29) is 10.6 Å². The van der Waals surface area contributed by atoms with Crippen LogP contribution in [-0.4, -0.2) is 19.6 Å². The van der Waals surface area contributed by atoms with Gasteiger partial charge >= 0.3 is 16.1 Å². The highest BCUT2D eigenvalue weighted by Crippen LogP contribution is 2.28. The summed E-state index contributed by atoms with van der Waals surface area (Å²) in [5, 5.41) is 9.74. The molecule has 0 aromatic heterocycles. The minimum absolute atomic E-state index is 0.0422. The molecule has 0 heterocycles. The van der Waals surface area contributed by atoms with Crippen LogP contribution in [0.25, 0.3) is 0 Å². The maximum Gasteiger partial charge on any atom is 0.351 e. The largest absolute Gasteiger partial charge is 0.508 e. The number of hydroxylamine groups is 1. The minimum Gasteiger partial charge on any atom is -0.508 e. The highest BCUT2D eigenvalue weighted by atomic mass is 32.2. The first-order valence-corrected chi connectivity index (χ1v) is 9.72. The van der Waals surface area contributed by atoms with E-state index in [1.54, 1.807) is 54.6 Å². The minimum atomic E-state index is -4.19. The molecule has 3 aromatic rings. The molecule has 7 nitrogen and oxygen atoms in total. The summed E-state index contributed by atoms with van der Waals surface area (Å²) in [6.07, 6.45) is 0. The average Bonchev–Trinajstić information content (AvgIpc) is 2.68. The molecular formula is C20H18N2O5S. The highest BCUT2D eigenvalue weighted by molar-refractivity contribution is 7.86. The van der Waals surface area contributed by atoms with E-state index in [2.05, 4.69) is 0 Å². The van der Waals surface area contributed by atoms with Gasteiger partial charge in [-0.15, -0.1) is 4.28 Å². The zero-order chi connectivity index (χ0) is 20.1. The van der Waals surface area contributed by atoms with Gasteiger partial charge in [0.2, 0.25) is 0 Å². The van der Waals surface area contributed by atoms with Crippen LogP contribution in [-0.2, 0) is 14.4 Å². The molecule has 0 aliphatic heterocycles. The number of phenolic OH excluding ortho intramolecular Hbond substituents is 1. The van der Waals surface area contributed by atoms with Crippen molar-refractivity contribution in [1.82, 2.24) is 5.48 Å². The molecule has 0 saturated carbocycles. The Balaban J connectivity index is 1.85. The Kier molecular flexibility index (Phi) is 5.62. The van der Waals surface area contributed by atoms with E-state index in [1.807, 2.05) is 12.4 Å². The first-order valence-electron chi connectivity index (χ1n) is 8.31. The third kappa shape index (κ3) is 4.48. The molecule has 0 radical (unpaired) electrons. The van der Waals surface area contributed by atoms with Crippen LogP contribution in [0, 0.1) is 6.92 Å². The van der Waals surface area contributed by atoms with Gasteiger partial charge in [0.1, 0.15) is 5.75 Å². The number of carbonyl (C=O) groups excluding carboxylic acids is 1. The van der Waals surface area contributed by atoms with Crippen molar-refractivity contribution in [1.29, 1.82) is 0 Å². The Morgan fingerprint density at radius 1 is 0.929 bits per heavy atom. The summed E-state index contributed by atoms with van der Waals surface area (Å²) < 4.78 is 29.3. The molecule has 0 atom stereocenters. The lowest BCUT2D eigenvalue weighted by Crippen LogP contribution is -2.38. The predicted octanol–water partition coefficient (Wildman–Crippen LogP) is 3.87. The van der Waals surface area contributed by atoms with Crippen LogP contribution in [0.2, 0.25) is 0 Å². The molecule has 0 aliphatic carbocycles. The van der Waals surface area contributed by atoms with E-state index >= 15 is 0 Å². The van der Waals surface area contributed by atoms with Crippen molar-refractivity contribution in [2.45, 2.75) is 11.8 Å². The first kappa shape index (κ1) is 19.4. The van der Waals surface area contributed by atoms with Crippen LogP contribution in [0.5, 0.6) is 5.75 Å². The van der Waals surface area contributed by atoms with Crippen molar-refractivity contribution >= 4 is 27.5 Å². The van der Waals surface area contributed by atoms with Gasteiger partial charge in [-0.3, -0.25) is 4.90 Å². The molecule has 2 N–H and O–H groups in total. The van der Waals surface area contributed by atoms with E-state index < -0.39 is 16.1 Å². The molecule has 0 fully saturated rings. The van der Waals surface area contributed by atoms with E-state index in [0.717, 1.165) is 5.56 Å². The third-order valence-corrected chi connectivity index (χ3v) is 5.01. The number of benzene rings is 3. The molecule has 0 saturated heterocycles. The molecule has 0 bridgehead atoms. The fourth-order valence-corrected chi connectivity index (χ4v) is 3.23. The number of anilines is 2. The number of aromatic hydroxyl groups is 1. The lowest BCUT2D eigenvalue weighted by Gasteiger charge is -2.23. The van der Waals surface area contributed by atoms with Crippen LogP contribution in [0.4, 0.5) is 16.2 Å². The standard InChI is InChI=1S/C20H18N2O5S/c1-15-10-12-19(13-11-15)28(25,26)27-21-20(24)22(16-6-3-2-4-7-16)17-8-5-9-18(23)14-17/h2-14,23H,1H3,(H,21,24). The van der Waals surface area contributed by atoms with Crippen LogP contribution in [0.3, 0.4) is 0 Å². The Labute approximate surface area is 162 Å². The van der Waals surface area contributed by atoms with Gasteiger partial charge in [-0.2, -0.15) is 13.9 Å². The maximum absolute atomic E-state index is 12.7. The van der Waals surface area contributed by atoms with Crippen LogP contribution < -0.4 is 10.4 Å². The number of hydrogen-bond acceptors (Lipinski definition) is 5. The number of nitrogens with zero attached hydrogens (tertiary/aromatic N) is 1. The van der Waals surface area contributed by atoms with E-state index in [4.69, 9.17) is 4.28 Å². The fraction of sp³-hybridized carbons (Fsp3) is 0.0500. The second-order valence-electron chi connectivity index (χ2n) is 5.95. The molecule has 2 amide bonds. The number of urea groups is 1. The van der Waals surface area contributed by atoms with Gasteiger partial charge in [0.05, 0.1) is 16.3 Å². The summed E-state index contributed by atoms with van der Waals surface area (Å²) in [5.74, 6) is -0.0422. The van der Waals surface area contributed by atoms with E-state index in [9.17, 15) is 18.3 Å². The van der Waals surface area contributed by atoms with Gasteiger partial charge in [0.15, 0.2) is 0 Å². The van der Waals surface area contributed by atoms with Gasteiger partial charge in [-0.05, 0) is 43.3 Å². The van der Waals surface area contributed by atoms with Gasteiger partial charge in [0, 0.05) is 6.07 Å². The third-order valence-electron chi connectivity index (χ3n) is 3.85. The Morgan fingerprint density at radius 3 is 2.21 bits per heavy atom. The summed E-state index contributed by atoms with van der Waals surface area (Å²) in [7, 11) is -4.19. The van der Waals surface area contributed by atoms with Gasteiger partial charge < -0.3 is 5.11 Å². The summed E-state index contributed by atoms with van der Waals surface area (Å²) in [5.41, 5.74) is 3.65. The molecule has 0 unspecified atom stereocenters. The van der Waals surface area contributed by atoms with Crippen molar-refractivity contribution in [2.24, 2.45) is 0 Å². The number of aryl methyl sites for hydroxylation is 1. The number of amides is 2. The molecule has 8 heteroatoms. The molecule has 0 spiro atoms. The second-order valence-corrected chi connectivity index (χ2v) is 7.49. The first-order chi connectivity index (χ1) is 13.4. The van der Waals surface area contributed by atoms with Crippen LogP contribution >= 0.6 is 0 Å². The zero-order valence-corrected chi connectivity index (χ0v) is 15.8. The topological polar surface area (TPSA) is 95.9 Å². The van der Waals surface area contributed by atoms with Crippen LogP contribution in [0.15, 0.2) is 83.8 Å². The monoisotopic (exact) mass is 398 g/mol. The number of rotatable bonds is 5. The molecule has 3 aromatic carbocycles. The number of carbonyl (C=O) groups is 1. The van der Waals surface area contributed by atoms with Crippen molar-refractivity contribution in [3.05, 3.63) is 84.4 Å². The normalized spacial score (nSPS) is 11.0. The Hall–Kier alpha value is -3.36. The van der Waals surface area contributed by atoms with Gasteiger partial charge in [-0.25, -0.2) is 4.79 Å². The van der Waals surface area contributed by atoms with Crippen molar-refractivity contribution < 1.29 is 22.6 Å². The summed E-state index contributed by atoms with van der Waals surface area (Å²) >= 11 is 0. The Bertz CT molecular complexity index is 1070. The highest BCUT2D eigenvalue weighted by Gasteiger charge is 2.22. The second kappa shape index (κ2) is 8.12. The van der Waals surface area contributed by atoms with E-state index in [0.29, 0.717) is 11.4 Å². The SMILES string of the molecule is Cc1ccc(S(=O)(=O)ONC(=O)N(c2ccccc2)c2cccc(O)c2)cc1.